The molecule has 5 nitrogen and oxygen atoms in total. The number of hydrogen-bond acceptors (Lipinski definition) is 5. The number of nitrogens with zero attached hydrogens (tertiary/aromatic N) is 2. The van der Waals surface area contributed by atoms with Crippen LogP contribution in [0.15, 0.2) is 40.2 Å². The van der Waals surface area contributed by atoms with Crippen LogP contribution in [-0.4, -0.2) is 42.0 Å². The highest BCUT2D eigenvalue weighted by Crippen LogP contribution is 2.30. The average Bonchev–Trinajstić information content (AvgIpc) is 3.01. The van der Waals surface area contributed by atoms with E-state index in [9.17, 15) is 18.0 Å². The van der Waals surface area contributed by atoms with Gasteiger partial charge in [0.25, 0.3) is 0 Å². The molecule has 9 heteroatoms. The first-order chi connectivity index (χ1) is 13.8. The lowest BCUT2D eigenvalue weighted by atomic mass is 9.96. The van der Waals surface area contributed by atoms with E-state index in [0.29, 0.717) is 24.8 Å². The maximum atomic E-state index is 12.2. The van der Waals surface area contributed by atoms with Crippen molar-refractivity contribution in [3.05, 3.63) is 40.8 Å². The third-order valence-corrected chi connectivity index (χ3v) is 5.39. The number of aliphatic imine (C=N–C) groups is 1. The summed E-state index contributed by atoms with van der Waals surface area (Å²) in [5.41, 5.74) is 0.932. The van der Waals surface area contributed by atoms with E-state index in [1.807, 2.05) is 0 Å². The Morgan fingerprint density at radius 3 is 2.62 bits per heavy atom. The number of benzene rings is 1. The topological polar surface area (TPSA) is 53.9 Å². The van der Waals surface area contributed by atoms with Gasteiger partial charge in [-0.05, 0) is 61.3 Å². The van der Waals surface area contributed by atoms with Crippen LogP contribution in [0.1, 0.15) is 18.4 Å². The lowest BCUT2D eigenvalue weighted by Crippen LogP contribution is -2.33. The number of allylic oxidation sites excluding steroid dienone is 1. The fourth-order valence-electron chi connectivity index (χ4n) is 3.23. The molecule has 0 bridgehead atoms. The van der Waals surface area contributed by atoms with Gasteiger partial charge in [0.1, 0.15) is 11.6 Å². The maximum absolute atomic E-state index is 12.2. The number of piperidine rings is 1. The molecule has 0 saturated carbocycles. The summed E-state index contributed by atoms with van der Waals surface area (Å²) < 4.78 is 40.6. The number of rotatable bonds is 5. The minimum absolute atomic E-state index is 0.217. The summed E-state index contributed by atoms with van der Waals surface area (Å²) in [7, 11) is 0. The molecule has 0 aliphatic carbocycles. The standard InChI is InChI=1S/C20H20F3N3O2S/c1-2-9-24-18-17(29-19(27)25-18)12-14-7-10-26(11-8-14)13-15-3-5-16(6-4-15)28-20(21,22)23/h1,3-6,12,14H,7-11,13H2,(H,24,25,27). The highest BCUT2D eigenvalue weighted by Gasteiger charge is 2.31. The molecule has 2 aliphatic heterocycles. The minimum atomic E-state index is -4.68. The Bertz CT molecular complexity index is 836. The van der Waals surface area contributed by atoms with Crippen molar-refractivity contribution in [2.45, 2.75) is 25.7 Å². The summed E-state index contributed by atoms with van der Waals surface area (Å²) in [5.74, 6) is 3.13. The largest absolute Gasteiger partial charge is 0.573 e. The molecule has 0 aromatic heterocycles. The highest BCUT2D eigenvalue weighted by molar-refractivity contribution is 8.18. The second-order valence-electron chi connectivity index (χ2n) is 6.72. The van der Waals surface area contributed by atoms with Crippen molar-refractivity contribution >= 4 is 22.8 Å². The van der Waals surface area contributed by atoms with E-state index in [0.717, 1.165) is 48.2 Å². The first kappa shape index (κ1) is 21.3. The average molecular weight is 423 g/mol. The van der Waals surface area contributed by atoms with Crippen molar-refractivity contribution in [3.63, 3.8) is 0 Å². The van der Waals surface area contributed by atoms with Gasteiger partial charge in [0.05, 0.1) is 11.4 Å². The number of hydrogen-bond donors (Lipinski definition) is 1. The van der Waals surface area contributed by atoms with E-state index in [1.54, 1.807) is 12.1 Å². The molecular weight excluding hydrogens is 403 g/mol. The first-order valence-corrected chi connectivity index (χ1v) is 9.91. The first-order valence-electron chi connectivity index (χ1n) is 9.09. The Kier molecular flexibility index (Phi) is 6.87. The monoisotopic (exact) mass is 423 g/mol. The zero-order valence-electron chi connectivity index (χ0n) is 15.5. The normalized spacial score (nSPS) is 19.9. The number of thioether (sulfide) groups is 1. The molecule has 3 rings (SSSR count). The van der Waals surface area contributed by atoms with Gasteiger partial charge >= 0.3 is 11.6 Å². The Hall–Kier alpha value is -2.44. The second kappa shape index (κ2) is 9.37. The molecule has 0 spiro atoms. The number of halogens is 3. The zero-order chi connectivity index (χ0) is 20.9. The molecule has 154 valence electrons. The molecular formula is C20H20F3N3O2S. The van der Waals surface area contributed by atoms with Crippen molar-refractivity contribution in [1.82, 2.24) is 10.2 Å². The van der Waals surface area contributed by atoms with Crippen molar-refractivity contribution in [1.29, 1.82) is 0 Å². The van der Waals surface area contributed by atoms with Crippen molar-refractivity contribution in [2.24, 2.45) is 10.9 Å². The van der Waals surface area contributed by atoms with Crippen LogP contribution in [0.2, 0.25) is 0 Å². The molecule has 1 saturated heterocycles. The van der Waals surface area contributed by atoms with E-state index < -0.39 is 6.36 Å². The lowest BCUT2D eigenvalue weighted by molar-refractivity contribution is -0.274. The Balaban J connectivity index is 1.50. The molecule has 0 atom stereocenters. The number of terminal acetylenes is 1. The van der Waals surface area contributed by atoms with E-state index in [-0.39, 0.29) is 11.0 Å². The smallest absolute Gasteiger partial charge is 0.406 e. The van der Waals surface area contributed by atoms with E-state index in [2.05, 4.69) is 31.9 Å². The van der Waals surface area contributed by atoms with Crippen LogP contribution < -0.4 is 10.1 Å². The maximum Gasteiger partial charge on any atom is 0.573 e. The number of carbonyl (C=O) groups is 1. The molecule has 1 amide bonds. The predicted molar refractivity (Wildman–Crippen MR) is 106 cm³/mol. The molecule has 2 aliphatic rings. The van der Waals surface area contributed by atoms with Crippen LogP contribution in [-0.2, 0) is 6.54 Å². The fraction of sp³-hybridized carbons (Fsp3) is 0.400. The molecule has 1 N–H and O–H groups in total. The van der Waals surface area contributed by atoms with Gasteiger partial charge in [-0.3, -0.25) is 9.69 Å². The van der Waals surface area contributed by atoms with Gasteiger partial charge in [-0.2, -0.15) is 4.99 Å². The minimum Gasteiger partial charge on any atom is -0.406 e. The fourth-order valence-corrected chi connectivity index (χ4v) is 4.03. The van der Waals surface area contributed by atoms with Crippen LogP contribution in [0.4, 0.5) is 18.0 Å². The summed E-state index contributed by atoms with van der Waals surface area (Å²) in [4.78, 5) is 18.6. The summed E-state index contributed by atoms with van der Waals surface area (Å²) in [6.45, 7) is 2.70. The molecule has 2 heterocycles. The van der Waals surface area contributed by atoms with Crippen molar-refractivity contribution in [2.75, 3.05) is 19.6 Å². The van der Waals surface area contributed by atoms with Crippen LogP contribution in [0, 0.1) is 18.3 Å². The number of amides is 1. The quantitative estimate of drug-likeness (QED) is 0.721. The van der Waals surface area contributed by atoms with Crippen molar-refractivity contribution < 1.29 is 22.7 Å². The SMILES string of the molecule is C#CCNC1=NC(=O)SC1=CC1CCN(Cc2ccc(OC(F)(F)F)cc2)CC1. The number of amidine groups is 1. The molecule has 1 aromatic rings. The lowest BCUT2D eigenvalue weighted by Gasteiger charge is -2.31. The number of carbonyl (C=O) groups excluding carboxylic acids is 1. The van der Waals surface area contributed by atoms with Crippen LogP contribution in [0.5, 0.6) is 5.75 Å². The molecule has 29 heavy (non-hydrogen) atoms. The number of likely N-dealkylation sites (tertiary alicyclic amines) is 1. The predicted octanol–water partition coefficient (Wildman–Crippen LogP) is 4.17. The summed E-state index contributed by atoms with van der Waals surface area (Å²) in [6.07, 6.45) is 4.50. The molecule has 0 radical (unpaired) electrons. The van der Waals surface area contributed by atoms with Crippen molar-refractivity contribution in [3.8, 4) is 18.1 Å². The third-order valence-electron chi connectivity index (χ3n) is 4.57. The van der Waals surface area contributed by atoms with E-state index in [4.69, 9.17) is 6.42 Å². The molecule has 1 fully saturated rings. The molecule has 0 unspecified atom stereocenters. The number of alkyl halides is 3. The Morgan fingerprint density at radius 2 is 2.00 bits per heavy atom. The van der Waals surface area contributed by atoms with Crippen LogP contribution in [0.25, 0.3) is 0 Å². The van der Waals surface area contributed by atoms with Gasteiger partial charge in [-0.15, -0.1) is 19.6 Å². The van der Waals surface area contributed by atoms with Gasteiger partial charge in [0.2, 0.25) is 0 Å². The number of ether oxygens (including phenoxy) is 1. The Morgan fingerprint density at radius 1 is 1.31 bits per heavy atom. The van der Waals surface area contributed by atoms with Crippen LogP contribution >= 0.6 is 11.8 Å². The van der Waals surface area contributed by atoms with Gasteiger partial charge in [-0.25, -0.2) is 0 Å². The third kappa shape index (κ3) is 6.54. The second-order valence-corrected chi connectivity index (χ2v) is 7.72. The van der Waals surface area contributed by atoms with Gasteiger partial charge in [0.15, 0.2) is 0 Å². The van der Waals surface area contributed by atoms with E-state index in [1.165, 1.54) is 12.1 Å². The van der Waals surface area contributed by atoms with Gasteiger partial charge < -0.3 is 10.1 Å². The van der Waals surface area contributed by atoms with E-state index >= 15 is 0 Å². The summed E-state index contributed by atoms with van der Waals surface area (Å²) in [5, 5.41) is 2.73. The Labute approximate surface area is 171 Å². The summed E-state index contributed by atoms with van der Waals surface area (Å²) in [6, 6.07) is 5.96. The van der Waals surface area contributed by atoms with Gasteiger partial charge in [-0.1, -0.05) is 24.1 Å². The molecule has 1 aromatic carbocycles. The number of nitrogens with one attached hydrogen (secondary N) is 1. The van der Waals surface area contributed by atoms with Crippen LogP contribution in [0.3, 0.4) is 0 Å². The van der Waals surface area contributed by atoms with Gasteiger partial charge in [0, 0.05) is 6.54 Å². The zero-order valence-corrected chi connectivity index (χ0v) is 16.4. The highest BCUT2D eigenvalue weighted by atomic mass is 32.2. The summed E-state index contributed by atoms with van der Waals surface area (Å²) >= 11 is 1.11.